The zero-order valence-corrected chi connectivity index (χ0v) is 67.0. The van der Waals surface area contributed by atoms with Gasteiger partial charge in [0.05, 0.1) is 59.5 Å². The lowest BCUT2D eigenvalue weighted by atomic mass is 9.85. The Labute approximate surface area is 696 Å². The second-order valence-electron chi connectivity index (χ2n) is 24.5. The van der Waals surface area contributed by atoms with Crippen molar-refractivity contribution in [2.24, 2.45) is 5.73 Å². The molecule has 602 valence electrons. The lowest BCUT2D eigenvalue weighted by Crippen LogP contribution is -2.31. The maximum absolute atomic E-state index is 12.1. The number of carbonyl (C=O) groups excluding carboxylic acids is 2. The highest BCUT2D eigenvalue weighted by Crippen LogP contribution is 2.42. The van der Waals surface area contributed by atoms with Crippen LogP contribution >= 0.6 is 39.0 Å². The van der Waals surface area contributed by atoms with E-state index in [2.05, 4.69) is 38.8 Å². The van der Waals surface area contributed by atoms with E-state index >= 15 is 0 Å². The van der Waals surface area contributed by atoms with Crippen molar-refractivity contribution in [3.05, 3.63) is 227 Å². The molecule has 0 radical (unpaired) electrons. The molecule has 0 aliphatic heterocycles. The molecular weight excluding hydrogens is 1640 g/mol. The van der Waals surface area contributed by atoms with E-state index in [0.717, 1.165) is 80.3 Å². The van der Waals surface area contributed by atoms with Crippen LogP contribution < -0.4 is 10.5 Å². The molecule has 1 aromatic heterocycles. The summed E-state index contributed by atoms with van der Waals surface area (Å²) < 4.78 is 7.90. The third-order valence-corrected chi connectivity index (χ3v) is 18.1. The SMILES string of the molecule is C#C/C(C#N)=C/c1cc(O)c(O)c([N+](=O)[O-])c1.C#C/C(C#N)=C/c1ccc([N+](=O)[O-])c(O)c1.C/C(C#N)=C/c1cc(Br)c(O)c(C(C)(C)C)c1.CCN(CC)C(=O)/C(C#N)=C/c1cc(O)c(O)c([N+](=O)[O-])c1.COc1cc(/C=C(\C#N)C(C)=O)cc(CSc2nc3ccccc3s2)c1O.N#CC(C#N)=C(N)/C(C#N)=C/c1cc(O)c(O)c(O)c1. The van der Waals surface area contributed by atoms with E-state index in [1.807, 2.05) is 63.2 Å². The van der Waals surface area contributed by atoms with Gasteiger partial charge < -0.3 is 66.4 Å². The number of nitro benzene ring substituents is 3. The van der Waals surface area contributed by atoms with E-state index in [-0.39, 0.29) is 73.0 Å². The van der Waals surface area contributed by atoms with E-state index in [0.29, 0.717) is 51.3 Å². The first-order valence-electron chi connectivity index (χ1n) is 33.4. The summed E-state index contributed by atoms with van der Waals surface area (Å²) in [6.07, 6.45) is 18.2. The first kappa shape index (κ1) is 96.6. The number of nitro groups is 3. The number of carbonyl (C=O) groups is 2. The van der Waals surface area contributed by atoms with Gasteiger partial charge in [-0.25, -0.2) is 4.98 Å². The highest BCUT2D eigenvalue weighted by atomic mass is 79.9. The number of thioether (sulfide) groups is 1. The number of amides is 1. The van der Waals surface area contributed by atoms with Crippen molar-refractivity contribution in [1.82, 2.24) is 9.88 Å². The lowest BCUT2D eigenvalue weighted by Gasteiger charge is -2.21. The molecule has 1 heterocycles. The van der Waals surface area contributed by atoms with Gasteiger partial charge in [0.1, 0.15) is 65.0 Å². The number of nitrogens with zero attached hydrogens (tertiary/aromatic N) is 13. The van der Waals surface area contributed by atoms with Gasteiger partial charge in [-0.1, -0.05) is 56.5 Å². The van der Waals surface area contributed by atoms with Crippen LogP contribution in [-0.2, 0) is 20.8 Å². The Balaban J connectivity index is 0.000000373. The fourth-order valence-corrected chi connectivity index (χ4v) is 11.9. The van der Waals surface area contributed by atoms with Gasteiger partial charge in [0, 0.05) is 53.7 Å². The molecule has 36 heteroatoms. The van der Waals surface area contributed by atoms with E-state index in [1.54, 1.807) is 86.7 Å². The Bertz CT molecular complexity index is 5900. The molecular formula is C83H67BrN14O19S2. The Morgan fingerprint density at radius 2 is 1.01 bits per heavy atom. The van der Waals surface area contributed by atoms with Crippen LogP contribution in [0.1, 0.15) is 93.0 Å². The molecule has 119 heavy (non-hydrogen) atoms. The number of hydrogen-bond donors (Lipinski definition) is 11. The van der Waals surface area contributed by atoms with Crippen LogP contribution in [0.25, 0.3) is 46.7 Å². The number of aromatic hydroxyl groups is 10. The van der Waals surface area contributed by atoms with Crippen molar-refractivity contribution in [1.29, 1.82) is 42.1 Å². The number of Topliss-reactive ketones (excluding diaryl/α,β-unsaturated/α-hetero) is 1. The van der Waals surface area contributed by atoms with Gasteiger partial charge in [0.2, 0.25) is 11.5 Å². The number of likely N-dealkylation sites (N-methyl/N-ethyl adjacent to an activating group) is 1. The minimum atomic E-state index is -0.870. The molecule has 0 unspecified atom stereocenters. The summed E-state index contributed by atoms with van der Waals surface area (Å²) in [4.78, 5) is 58.9. The average molecular weight is 1710 g/mol. The van der Waals surface area contributed by atoms with Gasteiger partial charge in [0.25, 0.3) is 5.91 Å². The number of aromatic nitrogens is 1. The van der Waals surface area contributed by atoms with Crippen LogP contribution in [-0.4, -0.2) is 108 Å². The number of fused-ring (bicyclic) bond motifs is 1. The van der Waals surface area contributed by atoms with Gasteiger partial charge in [0.15, 0.2) is 61.7 Å². The fourth-order valence-electron chi connectivity index (χ4n) is 9.37. The number of methoxy groups -OCH3 is 1. The first-order chi connectivity index (χ1) is 56.1. The summed E-state index contributed by atoms with van der Waals surface area (Å²) in [5.41, 5.74) is 7.98. The molecule has 8 rings (SSSR count). The molecule has 12 N–H and O–H groups in total. The number of phenols is 10. The summed E-state index contributed by atoms with van der Waals surface area (Å²) >= 11 is 6.44. The molecule has 0 saturated carbocycles. The number of nitrogens with two attached hydrogens (primary N) is 1. The quantitative estimate of drug-likeness (QED) is 0.00555. The smallest absolute Gasteiger partial charge is 0.315 e. The van der Waals surface area contributed by atoms with Crippen LogP contribution in [0.3, 0.4) is 0 Å². The predicted octanol–water partition coefficient (Wildman–Crippen LogP) is 15.3. The van der Waals surface area contributed by atoms with Crippen molar-refractivity contribution in [3.63, 3.8) is 0 Å². The molecule has 0 aliphatic rings. The van der Waals surface area contributed by atoms with Crippen molar-refractivity contribution in [3.8, 4) is 136 Å². The summed E-state index contributed by atoms with van der Waals surface area (Å²) in [5.74, 6) is -0.903. The van der Waals surface area contributed by atoms with E-state index in [1.165, 1.54) is 61.1 Å². The largest absolute Gasteiger partial charge is 0.506 e. The normalized spacial score (nSPS) is 10.9. The van der Waals surface area contributed by atoms with Crippen LogP contribution in [0, 0.1) is 146 Å². The fraction of sp³-hybridized carbons (Fsp3) is 0.145. The van der Waals surface area contributed by atoms with E-state index in [9.17, 15) is 91.0 Å². The maximum Gasteiger partial charge on any atom is 0.315 e. The van der Waals surface area contributed by atoms with Crippen LogP contribution in [0.2, 0.25) is 0 Å². The third kappa shape index (κ3) is 28.2. The van der Waals surface area contributed by atoms with Gasteiger partial charge in [-0.3, -0.25) is 39.9 Å². The third-order valence-electron chi connectivity index (χ3n) is 15.3. The number of ketones is 1. The molecule has 0 spiro atoms. The number of thiazole rings is 1. The monoisotopic (exact) mass is 1710 g/mol. The molecule has 1 amide bonds. The number of ether oxygens (including phenoxy) is 1. The highest BCUT2D eigenvalue weighted by Gasteiger charge is 2.24. The lowest BCUT2D eigenvalue weighted by molar-refractivity contribution is -0.386. The van der Waals surface area contributed by atoms with E-state index < -0.39 is 89.3 Å². The van der Waals surface area contributed by atoms with Gasteiger partial charge in [-0.05, 0) is 192 Å². The number of hydrogen-bond acceptors (Lipinski definition) is 31. The van der Waals surface area contributed by atoms with E-state index in [4.69, 9.17) is 65.4 Å². The van der Waals surface area contributed by atoms with Crippen molar-refractivity contribution < 1.29 is 80.2 Å². The minimum absolute atomic E-state index is 0.0459. The predicted molar refractivity (Wildman–Crippen MR) is 443 cm³/mol. The average Bonchev–Trinajstić information content (AvgIpc) is 1.70. The number of benzene rings is 7. The number of terminal acetylenes is 2. The van der Waals surface area contributed by atoms with Crippen LogP contribution in [0.15, 0.2) is 157 Å². The number of allylic oxidation sites excluding steroid dienone is 6. The Hall–Kier alpha value is -16.6. The Morgan fingerprint density at radius 3 is 1.45 bits per heavy atom. The number of rotatable bonds is 18. The number of para-hydroxylation sites is 1. The second kappa shape index (κ2) is 45.8. The Kier molecular flexibility index (Phi) is 37.2. The standard InChI is InChI=1S/C20H16N2O3S2.C14H16BrNO.C14H15N3O5.C13H8N4O3.C11H6N2O4.C11H6N2O3/c1-12(23)14(10-21)7-13-8-15(19(24)17(9-13)25-2)11-26-20-22-16-5-3-4-6-18(16)27-20;1-9(8-16)5-10-6-11(14(2,3)4)13(17)12(15)7-10;1-3-16(4-2)14(20)10(8-15)5-9-6-11(17(21)22)13(19)12(18)7-9;14-4-8(12(17)9(5-15)6-16)1-7-2-10(18)13(20)11(19)3-7;1-2-7(6-12)3-8-4-9(13(16)17)11(15)10(14)5-8;1-2-8(7-12)5-9-3-4-10(13(15)16)11(14)6-9/h3-9,24H,11H2,1-2H3;5-7,17H,1-4H3;5-7,18-19H,3-4H2,1-2H3;1-3,18-20H,17H2;1,3-5,14-15H;1,3-6,14H/b14-7+;9-5-;10-5+;8-1+;7-3-;8-5-. The zero-order valence-electron chi connectivity index (χ0n) is 63.8. The molecule has 0 aliphatic carbocycles. The van der Waals surface area contributed by atoms with Gasteiger partial charge in [-0.2, -0.15) is 42.1 Å². The number of nitriles is 8. The van der Waals surface area contributed by atoms with Crippen LogP contribution in [0.4, 0.5) is 17.1 Å². The molecule has 7 aromatic carbocycles. The molecule has 8 aromatic rings. The molecule has 33 nitrogen and oxygen atoms in total. The second-order valence-corrected chi connectivity index (χ2v) is 27.6. The van der Waals surface area contributed by atoms with Gasteiger partial charge in [-0.15, -0.1) is 24.2 Å². The molecule has 0 atom stereocenters. The molecule has 0 bridgehead atoms. The van der Waals surface area contributed by atoms with Crippen molar-refractivity contribution in [2.75, 3.05) is 20.2 Å². The molecule has 0 fully saturated rings. The molecule has 0 saturated heterocycles. The summed E-state index contributed by atoms with van der Waals surface area (Å²) in [5, 5.41) is 197. The first-order valence-corrected chi connectivity index (χ1v) is 36.0. The summed E-state index contributed by atoms with van der Waals surface area (Å²) in [7, 11) is 1.46. The topological polar surface area (TPSA) is 608 Å². The Morgan fingerprint density at radius 1 is 0.555 bits per heavy atom. The summed E-state index contributed by atoms with van der Waals surface area (Å²) in [6.45, 7) is 13.6. The summed E-state index contributed by atoms with van der Waals surface area (Å²) in [6, 6.07) is 38.9. The zero-order chi connectivity index (χ0) is 89.9. The minimum Gasteiger partial charge on any atom is -0.506 e. The van der Waals surface area contributed by atoms with Crippen LogP contribution in [0.5, 0.6) is 63.2 Å². The number of halogens is 1. The van der Waals surface area contributed by atoms with Gasteiger partial charge >= 0.3 is 17.1 Å². The number of phenolic OH excluding ortho intramolecular Hbond substituents is 10. The van der Waals surface area contributed by atoms with Crippen molar-refractivity contribution in [2.45, 2.75) is 64.0 Å². The highest BCUT2D eigenvalue weighted by molar-refractivity contribution is 9.10. The maximum atomic E-state index is 12.1. The van der Waals surface area contributed by atoms with Crippen molar-refractivity contribution >= 4 is 114 Å².